The maximum absolute atomic E-state index is 12.3. The van der Waals surface area contributed by atoms with Gasteiger partial charge in [0.2, 0.25) is 5.95 Å². The van der Waals surface area contributed by atoms with E-state index >= 15 is 0 Å². The van der Waals surface area contributed by atoms with Crippen molar-refractivity contribution in [3.05, 3.63) is 64.8 Å². The minimum Gasteiger partial charge on any atom is -0.495 e. The van der Waals surface area contributed by atoms with Gasteiger partial charge in [0.05, 0.1) is 25.6 Å². The quantitative estimate of drug-likeness (QED) is 0.685. The molecule has 26 heavy (non-hydrogen) atoms. The van der Waals surface area contributed by atoms with Crippen molar-refractivity contribution in [2.24, 2.45) is 0 Å². The molecule has 7 nitrogen and oxygen atoms in total. The van der Waals surface area contributed by atoms with Crippen molar-refractivity contribution < 1.29 is 13.9 Å². The number of halogens is 1. The number of aryl methyl sites for hydroxylation is 1. The summed E-state index contributed by atoms with van der Waals surface area (Å²) in [6.45, 7) is 2.16. The molecule has 0 saturated heterocycles. The predicted molar refractivity (Wildman–Crippen MR) is 97.9 cm³/mol. The summed E-state index contributed by atoms with van der Waals surface area (Å²) >= 11 is 6.11. The molecule has 3 aromatic rings. The molecule has 0 unspecified atom stereocenters. The fraction of sp³-hybridized carbons (Fsp3) is 0.167. The molecule has 1 aromatic carbocycles. The minimum atomic E-state index is -0.328. The van der Waals surface area contributed by atoms with Crippen LogP contribution in [-0.4, -0.2) is 23.0 Å². The van der Waals surface area contributed by atoms with E-state index < -0.39 is 0 Å². The number of anilines is 2. The lowest BCUT2D eigenvalue weighted by Gasteiger charge is -2.12. The topological polar surface area (TPSA) is 89.3 Å². The number of benzene rings is 1. The molecule has 0 saturated carbocycles. The van der Waals surface area contributed by atoms with Gasteiger partial charge in [-0.05, 0) is 36.8 Å². The summed E-state index contributed by atoms with van der Waals surface area (Å²) in [4.78, 5) is 20.6. The van der Waals surface area contributed by atoms with Crippen molar-refractivity contribution in [3.63, 3.8) is 0 Å². The number of hydrogen-bond donors (Lipinski definition) is 2. The van der Waals surface area contributed by atoms with Gasteiger partial charge in [-0.3, -0.25) is 4.79 Å². The van der Waals surface area contributed by atoms with Gasteiger partial charge in [-0.25, -0.2) is 9.97 Å². The molecule has 2 N–H and O–H groups in total. The molecule has 0 aliphatic heterocycles. The molecule has 0 aliphatic rings. The molecule has 0 spiro atoms. The van der Waals surface area contributed by atoms with E-state index in [0.29, 0.717) is 22.2 Å². The van der Waals surface area contributed by atoms with Crippen LogP contribution in [0.5, 0.6) is 5.75 Å². The van der Waals surface area contributed by atoms with E-state index in [1.54, 1.807) is 31.6 Å². The predicted octanol–water partition coefficient (Wildman–Crippen LogP) is 3.71. The number of nitrogens with one attached hydrogen (secondary N) is 2. The summed E-state index contributed by atoms with van der Waals surface area (Å²) in [5.74, 6) is 1.16. The van der Waals surface area contributed by atoms with Crippen LogP contribution < -0.4 is 15.4 Å². The van der Waals surface area contributed by atoms with Gasteiger partial charge in [0.15, 0.2) is 0 Å². The number of carbonyl (C=O) groups is 1. The Balaban J connectivity index is 1.75. The molecule has 0 bridgehead atoms. The Morgan fingerprint density at radius 2 is 2.19 bits per heavy atom. The smallest absolute Gasteiger partial charge is 0.270 e. The number of amides is 1. The molecule has 2 aromatic heterocycles. The van der Waals surface area contributed by atoms with Gasteiger partial charge in [0.1, 0.15) is 17.2 Å². The molecule has 3 rings (SSSR count). The van der Waals surface area contributed by atoms with Crippen LogP contribution in [0, 0.1) is 6.92 Å². The Morgan fingerprint density at radius 3 is 2.92 bits per heavy atom. The van der Waals surface area contributed by atoms with Crippen LogP contribution in [0.2, 0.25) is 5.02 Å². The Kier molecular flexibility index (Phi) is 5.38. The number of methoxy groups -OCH3 is 1. The lowest BCUT2D eigenvalue weighted by Crippen LogP contribution is -2.24. The second kappa shape index (κ2) is 7.88. The van der Waals surface area contributed by atoms with E-state index in [1.807, 2.05) is 13.0 Å². The number of carbonyl (C=O) groups excluding carboxylic acids is 1. The number of aromatic nitrogens is 2. The first-order chi connectivity index (χ1) is 12.6. The molecular formula is C18H17ClN4O3. The first-order valence-corrected chi connectivity index (χ1v) is 8.19. The Hall–Kier alpha value is -3.06. The molecule has 2 heterocycles. The molecular weight excluding hydrogens is 356 g/mol. The Bertz CT molecular complexity index is 913. The number of rotatable bonds is 6. The van der Waals surface area contributed by atoms with E-state index in [1.165, 1.54) is 12.3 Å². The van der Waals surface area contributed by atoms with Crippen LogP contribution >= 0.6 is 11.6 Å². The lowest BCUT2D eigenvalue weighted by molar-refractivity contribution is 0.0943. The fourth-order valence-corrected chi connectivity index (χ4v) is 2.42. The molecule has 0 aliphatic carbocycles. The minimum absolute atomic E-state index is 0.235. The number of hydrogen-bond acceptors (Lipinski definition) is 6. The summed E-state index contributed by atoms with van der Waals surface area (Å²) in [7, 11) is 1.55. The van der Waals surface area contributed by atoms with Gasteiger partial charge >= 0.3 is 0 Å². The third-order valence-electron chi connectivity index (χ3n) is 3.62. The number of furan rings is 1. The first-order valence-electron chi connectivity index (χ1n) is 7.81. The van der Waals surface area contributed by atoms with Crippen molar-refractivity contribution in [1.29, 1.82) is 0 Å². The van der Waals surface area contributed by atoms with Crippen molar-refractivity contribution in [1.82, 2.24) is 15.3 Å². The van der Waals surface area contributed by atoms with Gasteiger partial charge in [-0.1, -0.05) is 11.6 Å². The van der Waals surface area contributed by atoms with Crippen LogP contribution in [0.1, 0.15) is 21.8 Å². The summed E-state index contributed by atoms with van der Waals surface area (Å²) < 4.78 is 10.5. The Morgan fingerprint density at radius 1 is 1.35 bits per heavy atom. The van der Waals surface area contributed by atoms with Crippen LogP contribution in [0.4, 0.5) is 11.6 Å². The molecule has 0 atom stereocenters. The lowest BCUT2D eigenvalue weighted by atomic mass is 10.2. The normalized spacial score (nSPS) is 10.4. The van der Waals surface area contributed by atoms with Crippen molar-refractivity contribution in [2.45, 2.75) is 13.5 Å². The van der Waals surface area contributed by atoms with Gasteiger partial charge in [0.25, 0.3) is 5.91 Å². The highest BCUT2D eigenvalue weighted by molar-refractivity contribution is 6.31. The Labute approximate surface area is 155 Å². The largest absolute Gasteiger partial charge is 0.495 e. The van der Waals surface area contributed by atoms with Gasteiger partial charge in [-0.2, -0.15) is 0 Å². The third kappa shape index (κ3) is 4.12. The van der Waals surface area contributed by atoms with Crippen LogP contribution in [-0.2, 0) is 6.54 Å². The SMILES string of the molecule is COc1cc(Cl)c(C)cc1Nc1nccc(C(=O)NCc2ccco2)n1. The van der Waals surface area contributed by atoms with Gasteiger partial charge in [-0.15, -0.1) is 0 Å². The summed E-state index contributed by atoms with van der Waals surface area (Å²) in [6, 6.07) is 8.61. The average Bonchev–Trinajstić information content (AvgIpc) is 3.16. The molecule has 0 fully saturated rings. The van der Waals surface area contributed by atoms with Crippen LogP contribution in [0.15, 0.2) is 47.2 Å². The van der Waals surface area contributed by atoms with E-state index in [2.05, 4.69) is 20.6 Å². The van der Waals surface area contributed by atoms with Crippen molar-refractivity contribution in [2.75, 3.05) is 12.4 Å². The summed E-state index contributed by atoms with van der Waals surface area (Å²) in [6.07, 6.45) is 3.06. The second-order valence-corrected chi connectivity index (χ2v) is 5.86. The molecule has 8 heteroatoms. The van der Waals surface area contributed by atoms with E-state index in [9.17, 15) is 4.79 Å². The van der Waals surface area contributed by atoms with Crippen molar-refractivity contribution in [3.8, 4) is 5.75 Å². The second-order valence-electron chi connectivity index (χ2n) is 5.45. The van der Waals surface area contributed by atoms with Gasteiger partial charge < -0.3 is 19.8 Å². The molecule has 0 radical (unpaired) electrons. The zero-order valence-electron chi connectivity index (χ0n) is 14.2. The number of ether oxygens (including phenoxy) is 1. The first kappa shape index (κ1) is 17.8. The van der Waals surface area contributed by atoms with Crippen LogP contribution in [0.25, 0.3) is 0 Å². The monoisotopic (exact) mass is 372 g/mol. The molecule has 134 valence electrons. The van der Waals surface area contributed by atoms with E-state index in [4.69, 9.17) is 20.8 Å². The van der Waals surface area contributed by atoms with Gasteiger partial charge in [0, 0.05) is 17.3 Å². The molecule has 1 amide bonds. The maximum atomic E-state index is 12.3. The van der Waals surface area contributed by atoms with Crippen LogP contribution in [0.3, 0.4) is 0 Å². The highest BCUT2D eigenvalue weighted by Gasteiger charge is 2.12. The standard InChI is InChI=1S/C18H17ClN4O3/c1-11-8-15(16(25-2)9-13(11)19)23-18-20-6-5-14(22-18)17(24)21-10-12-4-3-7-26-12/h3-9H,10H2,1-2H3,(H,21,24)(H,20,22,23). The van der Waals surface area contributed by atoms with E-state index in [0.717, 1.165) is 5.56 Å². The maximum Gasteiger partial charge on any atom is 0.270 e. The number of nitrogens with zero attached hydrogens (tertiary/aromatic N) is 2. The highest BCUT2D eigenvalue weighted by atomic mass is 35.5. The summed E-state index contributed by atoms with van der Waals surface area (Å²) in [5, 5.41) is 6.39. The fourth-order valence-electron chi connectivity index (χ4n) is 2.27. The summed E-state index contributed by atoms with van der Waals surface area (Å²) in [5.41, 5.74) is 1.77. The zero-order chi connectivity index (χ0) is 18.5. The average molecular weight is 373 g/mol. The zero-order valence-corrected chi connectivity index (χ0v) is 15.0. The third-order valence-corrected chi connectivity index (χ3v) is 4.03. The van der Waals surface area contributed by atoms with Crippen molar-refractivity contribution >= 4 is 29.1 Å². The van der Waals surface area contributed by atoms with E-state index in [-0.39, 0.29) is 24.1 Å². The highest BCUT2D eigenvalue weighted by Crippen LogP contribution is 2.32.